The summed E-state index contributed by atoms with van der Waals surface area (Å²) in [5.41, 5.74) is 3.96. The van der Waals surface area contributed by atoms with Crippen LogP contribution in [0.4, 0.5) is 10.2 Å². The van der Waals surface area contributed by atoms with E-state index in [1.165, 1.54) is 18.5 Å². The van der Waals surface area contributed by atoms with Crippen molar-refractivity contribution in [2.24, 2.45) is 5.92 Å². The van der Waals surface area contributed by atoms with E-state index in [2.05, 4.69) is 25.6 Å². The maximum atomic E-state index is 13.5. The Morgan fingerprint density at radius 1 is 1.21 bits per heavy atom. The molecule has 33 heavy (non-hydrogen) atoms. The number of fused-ring (bicyclic) bond motifs is 1. The molecule has 0 saturated carbocycles. The predicted octanol–water partition coefficient (Wildman–Crippen LogP) is 4.27. The lowest BCUT2D eigenvalue weighted by Crippen LogP contribution is -2.37. The van der Waals surface area contributed by atoms with E-state index in [1.54, 1.807) is 18.5 Å². The van der Waals surface area contributed by atoms with Crippen molar-refractivity contribution in [3.63, 3.8) is 0 Å². The second kappa shape index (κ2) is 9.25. The fraction of sp³-hybridized carbons (Fsp3) is 0.250. The number of aromatic nitrogens is 4. The van der Waals surface area contributed by atoms with Crippen molar-refractivity contribution < 1.29 is 9.18 Å². The molecule has 1 amide bonds. The summed E-state index contributed by atoms with van der Waals surface area (Å²) in [6.45, 7) is 2.07. The van der Waals surface area contributed by atoms with Crippen LogP contribution in [0, 0.1) is 11.7 Å². The van der Waals surface area contributed by atoms with Crippen LogP contribution in [-0.4, -0.2) is 38.5 Å². The van der Waals surface area contributed by atoms with Gasteiger partial charge in [0.1, 0.15) is 11.6 Å². The Morgan fingerprint density at radius 3 is 2.94 bits per heavy atom. The molecule has 0 spiro atoms. The Labute approximate surface area is 195 Å². The summed E-state index contributed by atoms with van der Waals surface area (Å²) in [6.07, 6.45) is 9.85. The zero-order chi connectivity index (χ0) is 22.8. The van der Waals surface area contributed by atoms with Gasteiger partial charge in [0.15, 0.2) is 0 Å². The molecule has 1 fully saturated rings. The number of piperidine rings is 1. The number of hydrogen-bond acceptors (Lipinski definition) is 5. The fourth-order valence-corrected chi connectivity index (χ4v) is 4.33. The number of nitrogens with one attached hydrogen (secondary N) is 2. The van der Waals surface area contributed by atoms with Crippen molar-refractivity contribution in [2.45, 2.75) is 19.4 Å². The van der Waals surface area contributed by atoms with Crippen LogP contribution in [0.5, 0.6) is 0 Å². The molecule has 1 aliphatic rings. The Bertz CT molecular complexity index is 1320. The van der Waals surface area contributed by atoms with Crippen molar-refractivity contribution in [1.29, 1.82) is 0 Å². The zero-order valence-electron chi connectivity index (χ0n) is 17.8. The van der Waals surface area contributed by atoms with E-state index in [4.69, 9.17) is 11.6 Å². The highest BCUT2D eigenvalue weighted by atomic mass is 35.5. The first kappa shape index (κ1) is 21.5. The molecule has 0 unspecified atom stereocenters. The average molecular weight is 465 g/mol. The molecule has 0 bridgehead atoms. The highest BCUT2D eigenvalue weighted by Crippen LogP contribution is 2.31. The molecular formula is C24H22ClFN6O. The van der Waals surface area contributed by atoms with Gasteiger partial charge in [-0.25, -0.2) is 9.37 Å². The number of hydrogen-bond donors (Lipinski definition) is 2. The summed E-state index contributed by atoms with van der Waals surface area (Å²) >= 11 is 6.46. The van der Waals surface area contributed by atoms with Gasteiger partial charge in [-0.1, -0.05) is 11.6 Å². The van der Waals surface area contributed by atoms with E-state index < -0.39 is 0 Å². The van der Waals surface area contributed by atoms with Gasteiger partial charge in [0.2, 0.25) is 5.91 Å². The summed E-state index contributed by atoms with van der Waals surface area (Å²) < 4.78 is 15.5. The third-order valence-corrected chi connectivity index (χ3v) is 6.12. The largest absolute Gasteiger partial charge is 0.342 e. The van der Waals surface area contributed by atoms with Gasteiger partial charge in [0, 0.05) is 49.0 Å². The maximum Gasteiger partial charge on any atom is 0.229 e. The van der Waals surface area contributed by atoms with Crippen LogP contribution in [0.15, 0.2) is 55.2 Å². The minimum Gasteiger partial charge on any atom is -0.342 e. The van der Waals surface area contributed by atoms with Crippen LogP contribution in [0.25, 0.3) is 22.2 Å². The molecule has 9 heteroatoms. The van der Waals surface area contributed by atoms with E-state index in [1.807, 2.05) is 22.9 Å². The second-order valence-electron chi connectivity index (χ2n) is 8.17. The van der Waals surface area contributed by atoms with Crippen LogP contribution in [-0.2, 0) is 11.3 Å². The molecule has 4 aromatic rings. The van der Waals surface area contributed by atoms with Gasteiger partial charge in [-0.3, -0.25) is 14.8 Å². The number of halogens is 2. The second-order valence-corrected chi connectivity index (χ2v) is 8.57. The lowest BCUT2D eigenvalue weighted by atomic mass is 9.99. The standard InChI is InChI=1S/C24H22ClFN6O/c25-20-13-30-23(31-24(33)16-2-1-4-27-10-16)8-19(20)17-7-22-21(29-11-17)3-5-32(22)14-15-6-18(26)12-28-9-15/h3,5-9,11-13,16,27H,1-2,4,10,14H2,(H,30,31,33)/t16-/m1/s1. The summed E-state index contributed by atoms with van der Waals surface area (Å²) in [5, 5.41) is 6.62. The summed E-state index contributed by atoms with van der Waals surface area (Å²) in [7, 11) is 0. The van der Waals surface area contributed by atoms with Gasteiger partial charge in [0.05, 0.1) is 28.2 Å². The third kappa shape index (κ3) is 4.72. The van der Waals surface area contributed by atoms with Crippen molar-refractivity contribution in [2.75, 3.05) is 18.4 Å². The Kier molecular flexibility index (Phi) is 6.02. The van der Waals surface area contributed by atoms with Crippen molar-refractivity contribution in [3.05, 3.63) is 71.7 Å². The number of carbonyl (C=O) groups is 1. The maximum absolute atomic E-state index is 13.5. The number of amides is 1. The lowest BCUT2D eigenvalue weighted by molar-refractivity contribution is -0.120. The summed E-state index contributed by atoms with van der Waals surface area (Å²) in [4.78, 5) is 25.4. The molecule has 0 aromatic carbocycles. The third-order valence-electron chi connectivity index (χ3n) is 5.82. The monoisotopic (exact) mass is 464 g/mol. The minimum atomic E-state index is -0.370. The van der Waals surface area contributed by atoms with Crippen molar-refractivity contribution in [1.82, 2.24) is 24.8 Å². The van der Waals surface area contributed by atoms with Gasteiger partial charge in [-0.15, -0.1) is 0 Å². The molecule has 5 heterocycles. The van der Waals surface area contributed by atoms with Gasteiger partial charge in [-0.2, -0.15) is 0 Å². The summed E-state index contributed by atoms with van der Waals surface area (Å²) in [5.74, 6) is -0.0383. The topological polar surface area (TPSA) is 84.7 Å². The highest BCUT2D eigenvalue weighted by molar-refractivity contribution is 6.33. The van der Waals surface area contributed by atoms with Gasteiger partial charge in [-0.05, 0) is 49.2 Å². The number of anilines is 1. The van der Waals surface area contributed by atoms with E-state index in [0.29, 0.717) is 23.9 Å². The number of nitrogens with zero attached hydrogens (tertiary/aromatic N) is 4. The quantitative estimate of drug-likeness (QED) is 0.460. The van der Waals surface area contributed by atoms with E-state index >= 15 is 0 Å². The minimum absolute atomic E-state index is 0.0471. The van der Waals surface area contributed by atoms with Crippen molar-refractivity contribution in [3.8, 4) is 11.1 Å². The molecule has 1 atom stereocenters. The van der Waals surface area contributed by atoms with Crippen LogP contribution < -0.4 is 10.6 Å². The number of carbonyl (C=O) groups excluding carboxylic acids is 1. The lowest BCUT2D eigenvalue weighted by Gasteiger charge is -2.21. The molecule has 0 radical (unpaired) electrons. The number of rotatable bonds is 5. The van der Waals surface area contributed by atoms with E-state index in [9.17, 15) is 9.18 Å². The Balaban J connectivity index is 1.43. The van der Waals surface area contributed by atoms with Crippen LogP contribution in [0.2, 0.25) is 5.02 Å². The van der Waals surface area contributed by atoms with Crippen LogP contribution in [0.3, 0.4) is 0 Å². The Morgan fingerprint density at radius 2 is 2.12 bits per heavy atom. The molecule has 5 rings (SSSR count). The molecule has 2 N–H and O–H groups in total. The molecular weight excluding hydrogens is 443 g/mol. The molecule has 1 aliphatic heterocycles. The molecule has 7 nitrogen and oxygen atoms in total. The number of pyridine rings is 3. The van der Waals surface area contributed by atoms with Gasteiger partial charge < -0.3 is 15.2 Å². The Hall–Kier alpha value is -3.36. The van der Waals surface area contributed by atoms with Crippen LogP contribution in [0.1, 0.15) is 18.4 Å². The predicted molar refractivity (Wildman–Crippen MR) is 125 cm³/mol. The SMILES string of the molecule is O=C(Nc1cc(-c2cnc3ccn(Cc4cncc(F)c4)c3c2)c(Cl)cn1)[C@@H]1CCCNC1. The summed E-state index contributed by atoms with van der Waals surface area (Å²) in [6, 6.07) is 7.12. The van der Waals surface area contributed by atoms with E-state index in [0.717, 1.165) is 47.1 Å². The normalized spacial score (nSPS) is 16.1. The molecule has 168 valence electrons. The average Bonchev–Trinajstić information content (AvgIpc) is 3.23. The van der Waals surface area contributed by atoms with Crippen LogP contribution >= 0.6 is 11.6 Å². The van der Waals surface area contributed by atoms with Gasteiger partial charge >= 0.3 is 0 Å². The zero-order valence-corrected chi connectivity index (χ0v) is 18.5. The molecule has 4 aromatic heterocycles. The smallest absolute Gasteiger partial charge is 0.229 e. The first-order valence-electron chi connectivity index (χ1n) is 10.8. The molecule has 0 aliphatic carbocycles. The van der Waals surface area contributed by atoms with E-state index in [-0.39, 0.29) is 17.6 Å². The van der Waals surface area contributed by atoms with Gasteiger partial charge in [0.25, 0.3) is 0 Å². The van der Waals surface area contributed by atoms with Crippen molar-refractivity contribution >= 4 is 34.4 Å². The molecule has 1 saturated heterocycles. The fourth-order valence-electron chi connectivity index (χ4n) is 4.12. The first-order chi connectivity index (χ1) is 16.1. The highest BCUT2D eigenvalue weighted by Gasteiger charge is 2.21. The first-order valence-corrected chi connectivity index (χ1v) is 11.2.